The predicted molar refractivity (Wildman–Crippen MR) is 118 cm³/mol. The van der Waals surface area contributed by atoms with Gasteiger partial charge in [-0.25, -0.2) is 4.98 Å². The number of para-hydroxylation sites is 1. The molecule has 2 heterocycles. The van der Waals surface area contributed by atoms with E-state index in [2.05, 4.69) is 34.4 Å². The molecule has 1 amide bonds. The first kappa shape index (κ1) is 18.6. The number of fused-ring (bicyclic) bond motifs is 1. The van der Waals surface area contributed by atoms with Crippen molar-refractivity contribution in [3.63, 3.8) is 0 Å². The zero-order chi connectivity index (χ0) is 20.2. The number of hydrogen-bond donors (Lipinski definition) is 2. The predicted octanol–water partition coefficient (Wildman–Crippen LogP) is 5.75. The van der Waals surface area contributed by atoms with Gasteiger partial charge in [0, 0.05) is 17.3 Å². The molecule has 0 unspecified atom stereocenters. The molecule has 0 fully saturated rings. The Morgan fingerprint density at radius 3 is 2.34 bits per heavy atom. The van der Waals surface area contributed by atoms with Gasteiger partial charge in [-0.1, -0.05) is 44.2 Å². The van der Waals surface area contributed by atoms with E-state index in [0.29, 0.717) is 11.6 Å². The van der Waals surface area contributed by atoms with Crippen LogP contribution in [0.4, 0.5) is 17.1 Å². The zero-order valence-electron chi connectivity index (χ0n) is 16.4. The number of carbonyl (C=O) groups excluding carboxylic acids is 1. The lowest BCUT2D eigenvalue weighted by Crippen LogP contribution is -2.13. The Labute approximate surface area is 169 Å². The summed E-state index contributed by atoms with van der Waals surface area (Å²) in [4.78, 5) is 21.2. The molecular weight excluding hydrogens is 360 g/mol. The van der Waals surface area contributed by atoms with E-state index >= 15 is 0 Å². The topological polar surface area (TPSA) is 66.9 Å². The summed E-state index contributed by atoms with van der Waals surface area (Å²) in [7, 11) is 0. The SMILES string of the molecule is CC(C)c1ccc(NC(=O)c2ccc(Nc3cccc4cccnc34)cn2)cc1. The van der Waals surface area contributed by atoms with E-state index in [1.165, 1.54) is 5.56 Å². The van der Waals surface area contributed by atoms with Gasteiger partial charge in [-0.2, -0.15) is 0 Å². The number of pyridine rings is 2. The average molecular weight is 382 g/mol. The zero-order valence-corrected chi connectivity index (χ0v) is 16.4. The van der Waals surface area contributed by atoms with E-state index in [4.69, 9.17) is 0 Å². The van der Waals surface area contributed by atoms with Crippen molar-refractivity contribution >= 4 is 33.9 Å². The van der Waals surface area contributed by atoms with Gasteiger partial charge in [-0.05, 0) is 47.9 Å². The quantitative estimate of drug-likeness (QED) is 0.461. The van der Waals surface area contributed by atoms with Crippen LogP contribution in [0.1, 0.15) is 35.8 Å². The van der Waals surface area contributed by atoms with Crippen molar-refractivity contribution in [1.82, 2.24) is 9.97 Å². The fourth-order valence-corrected chi connectivity index (χ4v) is 3.11. The van der Waals surface area contributed by atoms with Gasteiger partial charge in [0.2, 0.25) is 0 Å². The number of anilines is 3. The molecule has 0 atom stereocenters. The summed E-state index contributed by atoms with van der Waals surface area (Å²) in [5.74, 6) is 0.221. The average Bonchev–Trinajstić information content (AvgIpc) is 2.75. The summed E-state index contributed by atoms with van der Waals surface area (Å²) >= 11 is 0. The third kappa shape index (κ3) is 4.24. The second-order valence-electron chi connectivity index (χ2n) is 7.17. The molecule has 2 aromatic carbocycles. The van der Waals surface area contributed by atoms with E-state index in [-0.39, 0.29) is 5.91 Å². The lowest BCUT2D eigenvalue weighted by Gasteiger charge is -2.10. The first-order valence-corrected chi connectivity index (χ1v) is 9.58. The summed E-state index contributed by atoms with van der Waals surface area (Å²) in [6.45, 7) is 4.28. The molecule has 5 heteroatoms. The third-order valence-electron chi connectivity index (χ3n) is 4.74. The molecule has 0 spiro atoms. The first-order chi connectivity index (χ1) is 14.1. The van der Waals surface area contributed by atoms with Crippen molar-refractivity contribution in [1.29, 1.82) is 0 Å². The second-order valence-corrected chi connectivity index (χ2v) is 7.17. The minimum Gasteiger partial charge on any atom is -0.352 e. The summed E-state index contributed by atoms with van der Waals surface area (Å²) in [6, 6.07) is 21.3. The van der Waals surface area contributed by atoms with E-state index in [9.17, 15) is 4.79 Å². The molecule has 0 aliphatic heterocycles. The van der Waals surface area contributed by atoms with Crippen molar-refractivity contribution in [2.24, 2.45) is 0 Å². The first-order valence-electron chi connectivity index (χ1n) is 9.58. The largest absolute Gasteiger partial charge is 0.352 e. The van der Waals surface area contributed by atoms with Gasteiger partial charge in [-0.15, -0.1) is 0 Å². The minimum absolute atomic E-state index is 0.235. The maximum Gasteiger partial charge on any atom is 0.274 e. The van der Waals surface area contributed by atoms with Gasteiger partial charge < -0.3 is 10.6 Å². The Bertz CT molecular complexity index is 1130. The van der Waals surface area contributed by atoms with Crippen LogP contribution in [0, 0.1) is 0 Å². The number of benzene rings is 2. The number of nitrogens with one attached hydrogen (secondary N) is 2. The van der Waals surface area contributed by atoms with Crippen LogP contribution in [0.25, 0.3) is 10.9 Å². The van der Waals surface area contributed by atoms with Crippen molar-refractivity contribution in [2.45, 2.75) is 19.8 Å². The van der Waals surface area contributed by atoms with E-state index in [1.54, 1.807) is 18.5 Å². The molecule has 0 saturated heterocycles. The van der Waals surface area contributed by atoms with Gasteiger partial charge in [0.1, 0.15) is 5.69 Å². The lowest BCUT2D eigenvalue weighted by atomic mass is 10.0. The van der Waals surface area contributed by atoms with Crippen molar-refractivity contribution in [3.05, 3.63) is 90.4 Å². The summed E-state index contributed by atoms with van der Waals surface area (Å²) in [5.41, 5.74) is 4.93. The third-order valence-corrected chi connectivity index (χ3v) is 4.74. The standard InChI is InChI=1S/C24H22N4O/c1-16(2)17-8-10-19(11-9-17)28-24(29)22-13-12-20(15-26-22)27-21-7-3-5-18-6-4-14-25-23(18)21/h3-16,27H,1-2H3,(H,28,29). The van der Waals surface area contributed by atoms with Gasteiger partial charge in [-0.3, -0.25) is 9.78 Å². The summed E-state index contributed by atoms with van der Waals surface area (Å²) in [6.07, 6.45) is 3.42. The number of hydrogen-bond acceptors (Lipinski definition) is 4. The molecule has 0 aliphatic carbocycles. The number of carbonyl (C=O) groups is 1. The van der Waals surface area contributed by atoms with E-state index < -0.39 is 0 Å². The van der Waals surface area contributed by atoms with Crippen LogP contribution < -0.4 is 10.6 Å². The van der Waals surface area contributed by atoms with Crippen LogP contribution in [-0.2, 0) is 0 Å². The Hall–Kier alpha value is -3.73. The highest BCUT2D eigenvalue weighted by Crippen LogP contribution is 2.24. The maximum absolute atomic E-state index is 12.5. The molecule has 29 heavy (non-hydrogen) atoms. The van der Waals surface area contributed by atoms with Crippen LogP contribution >= 0.6 is 0 Å². The monoisotopic (exact) mass is 382 g/mol. The molecular formula is C24H22N4O. The molecule has 0 bridgehead atoms. The van der Waals surface area contributed by atoms with Crippen LogP contribution in [0.3, 0.4) is 0 Å². The number of amides is 1. The summed E-state index contributed by atoms with van der Waals surface area (Å²) < 4.78 is 0. The highest BCUT2D eigenvalue weighted by atomic mass is 16.1. The normalized spacial score (nSPS) is 10.9. The molecule has 4 rings (SSSR count). The summed E-state index contributed by atoms with van der Waals surface area (Å²) in [5, 5.41) is 7.27. The molecule has 2 N–H and O–H groups in total. The van der Waals surface area contributed by atoms with Crippen LogP contribution in [0.15, 0.2) is 79.1 Å². The second kappa shape index (κ2) is 8.10. The fourth-order valence-electron chi connectivity index (χ4n) is 3.11. The van der Waals surface area contributed by atoms with Gasteiger partial charge in [0.15, 0.2) is 0 Å². The Balaban J connectivity index is 1.46. The number of aromatic nitrogens is 2. The highest BCUT2D eigenvalue weighted by molar-refractivity contribution is 6.03. The van der Waals surface area contributed by atoms with Crippen molar-refractivity contribution < 1.29 is 4.79 Å². The molecule has 0 aliphatic rings. The van der Waals surface area contributed by atoms with Crippen molar-refractivity contribution in [3.8, 4) is 0 Å². The Morgan fingerprint density at radius 1 is 0.862 bits per heavy atom. The van der Waals surface area contributed by atoms with Gasteiger partial charge in [0.25, 0.3) is 5.91 Å². The van der Waals surface area contributed by atoms with Crippen molar-refractivity contribution in [2.75, 3.05) is 10.6 Å². The smallest absolute Gasteiger partial charge is 0.274 e. The van der Waals surface area contributed by atoms with E-state index in [0.717, 1.165) is 28.0 Å². The van der Waals surface area contributed by atoms with Gasteiger partial charge in [0.05, 0.1) is 23.1 Å². The highest BCUT2D eigenvalue weighted by Gasteiger charge is 2.09. The van der Waals surface area contributed by atoms with Crippen LogP contribution in [0.5, 0.6) is 0 Å². The molecule has 0 saturated carbocycles. The van der Waals surface area contributed by atoms with Gasteiger partial charge >= 0.3 is 0 Å². The minimum atomic E-state index is -0.235. The van der Waals surface area contributed by atoms with Crippen LogP contribution in [-0.4, -0.2) is 15.9 Å². The molecule has 5 nitrogen and oxygen atoms in total. The molecule has 0 radical (unpaired) electrons. The van der Waals surface area contributed by atoms with E-state index in [1.807, 2.05) is 60.7 Å². The molecule has 2 aromatic heterocycles. The van der Waals surface area contributed by atoms with Crippen LogP contribution in [0.2, 0.25) is 0 Å². The number of rotatable bonds is 5. The maximum atomic E-state index is 12.5. The lowest BCUT2D eigenvalue weighted by molar-refractivity contribution is 0.102. The Morgan fingerprint density at radius 2 is 1.62 bits per heavy atom. The number of nitrogens with zero attached hydrogens (tertiary/aromatic N) is 2. The molecule has 144 valence electrons. The molecule has 4 aromatic rings. The Kier molecular flexibility index (Phi) is 5.20. The fraction of sp³-hybridized carbons (Fsp3) is 0.125.